The smallest absolute Gasteiger partial charge is 0.475 e. The summed E-state index contributed by atoms with van der Waals surface area (Å²) in [6.07, 6.45) is -5.08. The highest BCUT2D eigenvalue weighted by Crippen LogP contribution is 2.22. The molecule has 0 saturated carbocycles. The van der Waals surface area contributed by atoms with Gasteiger partial charge >= 0.3 is 12.1 Å². The van der Waals surface area contributed by atoms with E-state index in [1.165, 1.54) is 24.3 Å². The first-order chi connectivity index (χ1) is 17.9. The average Bonchev–Trinajstić information content (AvgIpc) is 2.80. The summed E-state index contributed by atoms with van der Waals surface area (Å²) in [5, 5.41) is 16.5. The number of sulfonamides is 1. The fraction of sp³-hybridized carbons (Fsp3) is 0.300. The summed E-state index contributed by atoms with van der Waals surface area (Å²) in [6.45, 7) is 1.28. The molecule has 0 saturated heterocycles. The van der Waals surface area contributed by atoms with E-state index in [4.69, 9.17) is 37.5 Å². The summed E-state index contributed by atoms with van der Waals surface area (Å²) in [5.41, 5.74) is 6.27. The fourth-order valence-corrected chi connectivity index (χ4v) is 4.12. The molecule has 1 heterocycles. The third-order valence-corrected chi connectivity index (χ3v) is 5.86. The summed E-state index contributed by atoms with van der Waals surface area (Å²) in [6, 6.07) is 6.50. The number of guanidine groups is 1. The van der Waals surface area contributed by atoms with Crippen LogP contribution in [0.1, 0.15) is 11.3 Å². The van der Waals surface area contributed by atoms with E-state index in [9.17, 15) is 35.6 Å². The van der Waals surface area contributed by atoms with Gasteiger partial charge in [-0.3, -0.25) is 24.6 Å². The van der Waals surface area contributed by atoms with Gasteiger partial charge in [0.2, 0.25) is 21.9 Å². The van der Waals surface area contributed by atoms with Crippen molar-refractivity contribution >= 4 is 45.1 Å². The maximum atomic E-state index is 13.9. The minimum Gasteiger partial charge on any atom is -0.475 e. The zero-order valence-electron chi connectivity index (χ0n) is 19.9. The van der Waals surface area contributed by atoms with E-state index in [2.05, 4.69) is 15.5 Å². The molecule has 0 radical (unpaired) electrons. The first kappa shape index (κ1) is 33.1. The Balaban J connectivity index is 0.000000956. The number of nitrogens with zero attached hydrogens (tertiary/aromatic N) is 1. The van der Waals surface area contributed by atoms with Crippen LogP contribution in [-0.2, 0) is 36.7 Å². The van der Waals surface area contributed by atoms with Crippen molar-refractivity contribution in [2.75, 3.05) is 17.9 Å². The minimum atomic E-state index is -5.08. The van der Waals surface area contributed by atoms with Gasteiger partial charge in [0.05, 0.1) is 12.4 Å². The van der Waals surface area contributed by atoms with Crippen molar-refractivity contribution < 1.29 is 45.5 Å². The molecule has 2 aromatic rings. The molecule has 0 unspecified atom stereocenters. The SMILES string of the molecule is Cc1ccc(NS(=O)(=O)Cc2c(F)cccc2Cl)c(=O)n1CC(=O)NCCONC(=N)N.O=C(O)C(F)(F)F. The maximum absolute atomic E-state index is 13.9. The number of benzene rings is 1. The van der Waals surface area contributed by atoms with E-state index < -0.39 is 51.2 Å². The quantitative estimate of drug-likeness (QED) is 0.0754. The molecular formula is C20H23ClF4N6O7S. The summed E-state index contributed by atoms with van der Waals surface area (Å²) >= 11 is 5.88. The Hall–Kier alpha value is -3.90. The number of pyridine rings is 1. The number of amides is 1. The maximum Gasteiger partial charge on any atom is 0.490 e. The van der Waals surface area contributed by atoms with Crippen LogP contribution < -0.4 is 26.8 Å². The van der Waals surface area contributed by atoms with Gasteiger partial charge in [0.15, 0.2) is 0 Å². The van der Waals surface area contributed by atoms with E-state index in [0.29, 0.717) is 5.69 Å². The van der Waals surface area contributed by atoms with Crippen LogP contribution in [0.5, 0.6) is 0 Å². The number of anilines is 1. The Kier molecular flexibility index (Phi) is 12.2. The van der Waals surface area contributed by atoms with Crippen molar-refractivity contribution in [1.29, 1.82) is 5.41 Å². The molecule has 0 bridgehead atoms. The molecule has 1 amide bonds. The fourth-order valence-electron chi connectivity index (χ4n) is 2.58. The number of aromatic nitrogens is 1. The number of rotatable bonds is 10. The molecule has 1 aromatic heterocycles. The molecule has 7 N–H and O–H groups in total. The highest BCUT2D eigenvalue weighted by molar-refractivity contribution is 7.91. The zero-order chi connectivity index (χ0) is 30.0. The number of carbonyl (C=O) groups excluding carboxylic acids is 1. The highest BCUT2D eigenvalue weighted by Gasteiger charge is 2.38. The number of hydrogen-bond donors (Lipinski definition) is 6. The lowest BCUT2D eigenvalue weighted by Gasteiger charge is -2.14. The third-order valence-electron chi connectivity index (χ3n) is 4.31. The number of carbonyl (C=O) groups is 2. The van der Waals surface area contributed by atoms with Crippen molar-refractivity contribution in [2.24, 2.45) is 5.73 Å². The second-order valence-corrected chi connectivity index (χ2v) is 9.49. The summed E-state index contributed by atoms with van der Waals surface area (Å²) in [4.78, 5) is 38.5. The Morgan fingerprint density at radius 2 is 1.85 bits per heavy atom. The number of alkyl halides is 3. The summed E-state index contributed by atoms with van der Waals surface area (Å²) < 4.78 is 73.8. The number of carboxylic acids is 1. The molecule has 0 aliphatic heterocycles. The molecule has 0 fully saturated rings. The van der Waals surface area contributed by atoms with E-state index in [1.54, 1.807) is 6.92 Å². The topological polar surface area (TPSA) is 206 Å². The van der Waals surface area contributed by atoms with Crippen LogP contribution in [-0.4, -0.2) is 55.3 Å². The lowest BCUT2D eigenvalue weighted by atomic mass is 10.2. The standard InChI is InChI=1S/C18H22ClFN6O5S.C2HF3O2/c1-11-5-6-15(25-32(29,30)10-12-13(19)3-2-4-14(12)20)17(28)26(11)9-16(27)23-7-8-31-24-18(21)22;3-2(4,5)1(6)7/h2-6,25H,7-10H2,1H3,(H,23,27)(H4,21,22,24);(H,6,7). The lowest BCUT2D eigenvalue weighted by molar-refractivity contribution is -0.192. The first-order valence-electron chi connectivity index (χ1n) is 10.4. The average molecular weight is 603 g/mol. The predicted octanol–water partition coefficient (Wildman–Crippen LogP) is 1.06. The van der Waals surface area contributed by atoms with Crippen LogP contribution in [0.2, 0.25) is 5.02 Å². The van der Waals surface area contributed by atoms with Gasteiger partial charge in [-0.2, -0.15) is 13.2 Å². The molecule has 0 spiro atoms. The largest absolute Gasteiger partial charge is 0.490 e. The van der Waals surface area contributed by atoms with Crippen molar-refractivity contribution in [1.82, 2.24) is 15.4 Å². The van der Waals surface area contributed by atoms with Crippen molar-refractivity contribution in [3.63, 3.8) is 0 Å². The Bertz CT molecular complexity index is 1350. The summed E-state index contributed by atoms with van der Waals surface area (Å²) in [7, 11) is -4.18. The van der Waals surface area contributed by atoms with Crippen LogP contribution in [0.4, 0.5) is 23.2 Å². The second kappa shape index (κ2) is 14.3. The normalized spacial score (nSPS) is 11.1. The number of hydrogen-bond acceptors (Lipinski definition) is 7. The molecule has 216 valence electrons. The number of aliphatic carboxylic acids is 1. The van der Waals surface area contributed by atoms with Gasteiger partial charge in [0.1, 0.15) is 18.0 Å². The van der Waals surface area contributed by atoms with Gasteiger partial charge in [0.25, 0.3) is 5.56 Å². The van der Waals surface area contributed by atoms with Gasteiger partial charge in [-0.1, -0.05) is 17.7 Å². The van der Waals surface area contributed by atoms with Crippen LogP contribution in [0.15, 0.2) is 35.1 Å². The highest BCUT2D eigenvalue weighted by atomic mass is 35.5. The van der Waals surface area contributed by atoms with E-state index in [-0.39, 0.29) is 36.0 Å². The number of carboxylic acid groups (broad SMARTS) is 1. The van der Waals surface area contributed by atoms with E-state index in [0.717, 1.165) is 10.6 Å². The zero-order valence-corrected chi connectivity index (χ0v) is 21.5. The Labute approximate surface area is 223 Å². The predicted molar refractivity (Wildman–Crippen MR) is 131 cm³/mol. The van der Waals surface area contributed by atoms with Crippen LogP contribution in [0, 0.1) is 18.2 Å². The number of halogens is 5. The van der Waals surface area contributed by atoms with Gasteiger partial charge in [-0.15, -0.1) is 0 Å². The van der Waals surface area contributed by atoms with Crippen molar-refractivity contribution in [3.8, 4) is 0 Å². The van der Waals surface area contributed by atoms with Crippen LogP contribution >= 0.6 is 11.6 Å². The van der Waals surface area contributed by atoms with E-state index >= 15 is 0 Å². The lowest BCUT2D eigenvalue weighted by Crippen LogP contribution is -2.37. The Morgan fingerprint density at radius 3 is 2.38 bits per heavy atom. The molecule has 0 aliphatic carbocycles. The number of hydroxylamine groups is 1. The van der Waals surface area contributed by atoms with Gasteiger partial charge < -0.3 is 20.7 Å². The second-order valence-electron chi connectivity index (χ2n) is 7.36. The number of aryl methyl sites for hydroxylation is 1. The van der Waals surface area contributed by atoms with Crippen molar-refractivity contribution in [3.05, 3.63) is 62.8 Å². The van der Waals surface area contributed by atoms with Crippen molar-refractivity contribution in [2.45, 2.75) is 25.4 Å². The number of nitrogens with two attached hydrogens (primary N) is 1. The molecular weight excluding hydrogens is 580 g/mol. The first-order valence-corrected chi connectivity index (χ1v) is 12.4. The third kappa shape index (κ3) is 11.6. The van der Waals surface area contributed by atoms with Gasteiger partial charge in [0, 0.05) is 22.8 Å². The van der Waals surface area contributed by atoms with Gasteiger partial charge in [-0.05, 0) is 31.2 Å². The monoisotopic (exact) mass is 602 g/mol. The summed E-state index contributed by atoms with van der Waals surface area (Å²) in [5.74, 6) is -5.24. The Morgan fingerprint density at radius 1 is 1.23 bits per heavy atom. The van der Waals surface area contributed by atoms with Crippen LogP contribution in [0.3, 0.4) is 0 Å². The molecule has 2 rings (SSSR count). The molecule has 0 aliphatic rings. The molecule has 13 nitrogen and oxygen atoms in total. The molecule has 39 heavy (non-hydrogen) atoms. The molecule has 19 heteroatoms. The number of nitrogens with one attached hydrogen (secondary N) is 4. The van der Waals surface area contributed by atoms with E-state index in [1.807, 2.05) is 0 Å². The molecule has 1 aromatic carbocycles. The van der Waals surface area contributed by atoms with Crippen LogP contribution in [0.25, 0.3) is 0 Å². The molecule has 0 atom stereocenters. The minimum absolute atomic E-state index is 0.0116. The van der Waals surface area contributed by atoms with Gasteiger partial charge in [-0.25, -0.2) is 23.1 Å².